The number of ether oxygens (including phenoxy) is 2. The Hall–Kier alpha value is -3.49. The predicted octanol–water partition coefficient (Wildman–Crippen LogP) is 9.14. The fourth-order valence-corrected chi connectivity index (χ4v) is 4.69. The molecular weight excluding hydrogens is 921 g/mol. The summed E-state index contributed by atoms with van der Waals surface area (Å²) in [5.74, 6) is -3.68. The molecular formula is C28H20BCl2F12IN6O4. The Kier molecular flexibility index (Phi) is 13.9. The second-order valence-electron chi connectivity index (χ2n) is 11.3. The average molecular weight is 941 g/mol. The first-order valence-corrected chi connectivity index (χ1v) is 15.9. The summed E-state index contributed by atoms with van der Waals surface area (Å²) in [6.45, 7) is 7.44. The van der Waals surface area contributed by atoms with E-state index in [9.17, 15) is 52.7 Å². The van der Waals surface area contributed by atoms with Crippen LogP contribution in [0.2, 0.25) is 10.3 Å². The molecule has 0 spiro atoms. The lowest BCUT2D eigenvalue weighted by molar-refractivity contribution is -0.275. The molecule has 10 nitrogen and oxygen atoms in total. The fourth-order valence-electron chi connectivity index (χ4n) is 3.64. The number of nitrogens with zero attached hydrogens (tertiary/aromatic N) is 6. The van der Waals surface area contributed by atoms with E-state index in [0.717, 1.165) is 24.7 Å². The van der Waals surface area contributed by atoms with E-state index in [0.29, 0.717) is 24.1 Å². The third-order valence-corrected chi connectivity index (χ3v) is 8.00. The van der Waals surface area contributed by atoms with E-state index in [2.05, 4.69) is 39.4 Å². The molecule has 0 bridgehead atoms. The first-order chi connectivity index (χ1) is 24.5. The predicted molar refractivity (Wildman–Crippen MR) is 173 cm³/mol. The van der Waals surface area contributed by atoms with E-state index < -0.39 is 60.8 Å². The van der Waals surface area contributed by atoms with Crippen molar-refractivity contribution in [3.63, 3.8) is 0 Å². The molecule has 1 saturated heterocycles. The van der Waals surface area contributed by atoms with E-state index in [1.807, 2.05) is 27.7 Å². The first kappa shape index (κ1) is 44.9. The van der Waals surface area contributed by atoms with Crippen LogP contribution in [0.4, 0.5) is 52.7 Å². The topological polar surface area (TPSA) is 114 Å². The zero-order valence-corrected chi connectivity index (χ0v) is 30.9. The second kappa shape index (κ2) is 16.7. The molecule has 0 saturated carbocycles. The smallest absolute Gasteiger partial charge is 0.403 e. The molecule has 26 heteroatoms. The van der Waals surface area contributed by atoms with Crippen LogP contribution in [0.3, 0.4) is 0 Å². The van der Waals surface area contributed by atoms with Crippen LogP contribution in [0.25, 0.3) is 11.1 Å². The van der Waals surface area contributed by atoms with Gasteiger partial charge in [0.05, 0.1) is 27.2 Å². The van der Waals surface area contributed by atoms with Crippen molar-refractivity contribution in [3.05, 3.63) is 74.8 Å². The number of halogens is 15. The van der Waals surface area contributed by atoms with Gasteiger partial charge in [0, 0.05) is 41.4 Å². The van der Waals surface area contributed by atoms with Crippen LogP contribution in [0.15, 0.2) is 49.3 Å². The van der Waals surface area contributed by atoms with Crippen molar-refractivity contribution < 1.29 is 71.5 Å². The Bertz CT molecular complexity index is 1870. The van der Waals surface area contributed by atoms with Gasteiger partial charge in [-0.2, -0.15) is 26.3 Å². The van der Waals surface area contributed by atoms with Crippen LogP contribution in [-0.4, -0.2) is 60.9 Å². The number of rotatable bonds is 4. The minimum absolute atomic E-state index is 0.124. The maximum absolute atomic E-state index is 12.4. The Labute approximate surface area is 320 Å². The highest BCUT2D eigenvalue weighted by Crippen LogP contribution is 2.37. The fraction of sp³-hybridized carbons (Fsp3) is 0.357. The summed E-state index contributed by atoms with van der Waals surface area (Å²) in [6.07, 6.45) is -13.8. The zero-order chi connectivity index (χ0) is 41.1. The number of aromatic nitrogens is 6. The summed E-state index contributed by atoms with van der Waals surface area (Å²) in [4.78, 5) is 19.6. The number of hydrogen-bond donors (Lipinski definition) is 0. The molecule has 5 rings (SSSR count). The van der Waals surface area contributed by atoms with Gasteiger partial charge >= 0.3 is 32.2 Å². The summed E-state index contributed by atoms with van der Waals surface area (Å²) in [5.41, 5.74) is -1.13. The van der Waals surface area contributed by atoms with E-state index in [1.165, 1.54) is 6.07 Å². The minimum atomic E-state index is -5.00. The highest BCUT2D eigenvalue weighted by Gasteiger charge is 2.52. The van der Waals surface area contributed by atoms with Crippen LogP contribution in [-0.2, 0) is 21.7 Å². The zero-order valence-electron chi connectivity index (χ0n) is 27.2. The lowest BCUT2D eigenvalue weighted by Gasteiger charge is -2.32. The Balaban J connectivity index is 0.000000225. The monoisotopic (exact) mass is 940 g/mol. The Morgan fingerprint density at radius 2 is 0.981 bits per heavy atom. The molecule has 0 unspecified atom stereocenters. The average Bonchev–Trinajstić information content (AvgIpc) is 3.24. The molecule has 294 valence electrons. The summed E-state index contributed by atoms with van der Waals surface area (Å²) < 4.78 is 165. The largest absolute Gasteiger partial charge is 0.573 e. The minimum Gasteiger partial charge on any atom is -0.403 e. The van der Waals surface area contributed by atoms with Crippen molar-refractivity contribution >= 4 is 58.4 Å². The van der Waals surface area contributed by atoms with Gasteiger partial charge in [0.2, 0.25) is 11.6 Å². The molecule has 54 heavy (non-hydrogen) atoms. The van der Waals surface area contributed by atoms with E-state index >= 15 is 0 Å². The van der Waals surface area contributed by atoms with Crippen LogP contribution < -0.4 is 14.9 Å². The van der Waals surface area contributed by atoms with Crippen molar-refractivity contribution in [1.29, 1.82) is 0 Å². The third kappa shape index (κ3) is 13.1. The second-order valence-corrected chi connectivity index (χ2v) is 13.2. The van der Waals surface area contributed by atoms with Crippen LogP contribution in [0.1, 0.15) is 39.3 Å². The normalized spacial score (nSPS) is 15.4. The van der Waals surface area contributed by atoms with Crippen molar-refractivity contribution in [2.24, 2.45) is 0 Å². The molecule has 0 aromatic carbocycles. The van der Waals surface area contributed by atoms with Crippen molar-refractivity contribution in [1.82, 2.24) is 29.9 Å². The molecule has 0 atom stereocenters. The quantitative estimate of drug-likeness (QED) is 0.0850. The van der Waals surface area contributed by atoms with Gasteiger partial charge in [-0.15, -0.1) is 26.3 Å². The molecule has 4 aromatic rings. The lowest BCUT2D eigenvalue weighted by atomic mass is 9.81. The molecule has 0 N–H and O–H groups in total. The maximum Gasteiger partial charge on any atom is 0.573 e. The summed E-state index contributed by atoms with van der Waals surface area (Å²) in [5, 5.41) is -0.0525. The SMILES string of the molecule is CC1(C)OB(c2cnc(C(F)(F)F)nc2)OC1(C)C.FC(F)(F)Oc1cnc(Cl)cc1-c1cnc(C(F)(F)F)nc1.FC(F)(F)Oc1cnc(Cl)cc1I. The number of pyridine rings is 2. The van der Waals surface area contributed by atoms with Gasteiger partial charge in [0.1, 0.15) is 10.3 Å². The summed E-state index contributed by atoms with van der Waals surface area (Å²) >= 11 is 12.7. The summed E-state index contributed by atoms with van der Waals surface area (Å²) in [6, 6.07) is 2.28. The Morgan fingerprint density at radius 3 is 1.39 bits per heavy atom. The molecule has 0 aliphatic carbocycles. The lowest BCUT2D eigenvalue weighted by Crippen LogP contribution is -2.41. The first-order valence-electron chi connectivity index (χ1n) is 14.1. The van der Waals surface area contributed by atoms with Gasteiger partial charge in [-0.25, -0.2) is 29.9 Å². The van der Waals surface area contributed by atoms with Gasteiger partial charge in [0.15, 0.2) is 11.5 Å². The van der Waals surface area contributed by atoms with Crippen molar-refractivity contribution in [2.75, 3.05) is 0 Å². The third-order valence-electron chi connectivity index (χ3n) is 6.74. The van der Waals surface area contributed by atoms with Gasteiger partial charge in [-0.1, -0.05) is 23.2 Å². The van der Waals surface area contributed by atoms with E-state index in [-0.39, 0.29) is 30.8 Å². The van der Waals surface area contributed by atoms with Crippen molar-refractivity contribution in [3.8, 4) is 22.6 Å². The van der Waals surface area contributed by atoms with Crippen molar-refractivity contribution in [2.45, 2.75) is 64.0 Å². The van der Waals surface area contributed by atoms with Gasteiger partial charge in [0.25, 0.3) is 0 Å². The molecule has 5 heterocycles. The van der Waals surface area contributed by atoms with Crippen LogP contribution in [0, 0.1) is 3.57 Å². The molecule has 1 fully saturated rings. The summed E-state index contributed by atoms with van der Waals surface area (Å²) in [7, 11) is -0.757. The number of alkyl halides is 12. The Morgan fingerprint density at radius 1 is 0.593 bits per heavy atom. The molecule has 4 aromatic heterocycles. The van der Waals surface area contributed by atoms with Crippen LogP contribution in [0.5, 0.6) is 11.5 Å². The van der Waals surface area contributed by atoms with E-state index in [1.54, 1.807) is 22.6 Å². The van der Waals surface area contributed by atoms with Gasteiger partial charge in [-0.05, 0) is 62.4 Å². The standard InChI is InChI=1S/C11H14BF3N2O2.C11H4ClF6N3O.C6H2ClF3INO/c1-9(2)10(3,4)19-12(18-9)7-5-16-8(17-6-7)11(13,14)15;12-8-1-6(7(4-19-8)22-11(16,17)18)5-2-20-9(21-3-5)10(13,14)15;7-5-1-3(11)4(2-12-5)13-6(8,9)10/h5-6H,1-4H3;1-4H;1-2H. The molecule has 1 aliphatic rings. The highest BCUT2D eigenvalue weighted by molar-refractivity contribution is 14.1. The van der Waals surface area contributed by atoms with Crippen LogP contribution >= 0.6 is 45.8 Å². The maximum atomic E-state index is 12.4. The van der Waals surface area contributed by atoms with Gasteiger partial charge in [-0.3, -0.25) is 0 Å². The van der Waals surface area contributed by atoms with Gasteiger partial charge < -0.3 is 18.8 Å². The molecule has 1 aliphatic heterocycles. The highest BCUT2D eigenvalue weighted by atomic mass is 127. The van der Waals surface area contributed by atoms with E-state index in [4.69, 9.17) is 32.5 Å². The molecule has 0 radical (unpaired) electrons. The number of hydrogen-bond acceptors (Lipinski definition) is 10. The molecule has 0 amide bonds.